The summed E-state index contributed by atoms with van der Waals surface area (Å²) in [4.78, 5) is 14.2. The zero-order chi connectivity index (χ0) is 9.14. The van der Waals surface area contributed by atoms with E-state index >= 15 is 0 Å². The smallest absolute Gasteiger partial charge is 0.322 e. The number of rotatable bonds is 2. The third-order valence-electron chi connectivity index (χ3n) is 1.75. The van der Waals surface area contributed by atoms with Gasteiger partial charge in [0, 0.05) is 5.57 Å². The summed E-state index contributed by atoms with van der Waals surface area (Å²) in [7, 11) is 0. The van der Waals surface area contributed by atoms with E-state index < -0.39 is 6.10 Å². The summed E-state index contributed by atoms with van der Waals surface area (Å²) in [5.74, 6) is -0.382. The van der Waals surface area contributed by atoms with Crippen LogP contribution < -0.4 is 0 Å². The molecular weight excluding hydrogens is 154 g/mol. The summed E-state index contributed by atoms with van der Waals surface area (Å²) in [5, 5.41) is 0. The van der Waals surface area contributed by atoms with Crippen LogP contribution in [0.3, 0.4) is 0 Å². The Kier molecular flexibility index (Phi) is 2.29. The predicted molar refractivity (Wildman–Crippen MR) is 44.0 cm³/mol. The fraction of sp³-hybridized carbons (Fsp3) is 0.333. The van der Waals surface area contributed by atoms with Crippen molar-refractivity contribution in [3.05, 3.63) is 35.3 Å². The summed E-state index contributed by atoms with van der Waals surface area (Å²) in [6.45, 7) is 12.0. The third kappa shape index (κ3) is 1.24. The van der Waals surface area contributed by atoms with Gasteiger partial charge in [-0.15, -0.1) is 6.58 Å². The van der Waals surface area contributed by atoms with E-state index in [1.807, 2.05) is 0 Å². The van der Waals surface area contributed by atoms with Crippen LogP contribution in [0, 0.1) is 6.57 Å². The molecule has 0 aromatic heterocycles. The van der Waals surface area contributed by atoms with Crippen LogP contribution in [0.15, 0.2) is 23.9 Å². The van der Waals surface area contributed by atoms with E-state index in [1.54, 1.807) is 13.0 Å². The maximum atomic E-state index is 11.0. The van der Waals surface area contributed by atoms with Gasteiger partial charge in [-0.05, 0) is 13.3 Å². The predicted octanol–water partition coefficient (Wildman–Crippen LogP) is 1.68. The molecule has 3 nitrogen and oxygen atoms in total. The normalized spacial score (nSPS) is 22.0. The fourth-order valence-electron chi connectivity index (χ4n) is 1.09. The SMILES string of the molecule is [C-]#[N+]C1=C(C)C(=O)OC1CC=C. The molecule has 0 saturated carbocycles. The van der Waals surface area contributed by atoms with Crippen LogP contribution in [0.5, 0.6) is 0 Å². The lowest BCUT2D eigenvalue weighted by Crippen LogP contribution is -2.08. The highest BCUT2D eigenvalue weighted by molar-refractivity contribution is 5.92. The van der Waals surface area contributed by atoms with Crippen LogP contribution in [-0.4, -0.2) is 12.1 Å². The van der Waals surface area contributed by atoms with Crippen LogP contribution in [0.1, 0.15) is 13.3 Å². The van der Waals surface area contributed by atoms with Crippen molar-refractivity contribution in [2.45, 2.75) is 19.4 Å². The van der Waals surface area contributed by atoms with E-state index in [0.717, 1.165) is 0 Å². The van der Waals surface area contributed by atoms with E-state index in [9.17, 15) is 4.79 Å². The second kappa shape index (κ2) is 3.22. The summed E-state index contributed by atoms with van der Waals surface area (Å²) in [6, 6.07) is 0. The Bertz CT molecular complexity index is 296. The molecule has 0 saturated heterocycles. The van der Waals surface area contributed by atoms with Gasteiger partial charge in [0.2, 0.25) is 5.70 Å². The molecule has 0 N–H and O–H groups in total. The van der Waals surface area contributed by atoms with E-state index in [1.165, 1.54) is 0 Å². The second-order valence-electron chi connectivity index (χ2n) is 2.54. The Morgan fingerprint density at radius 2 is 2.50 bits per heavy atom. The van der Waals surface area contributed by atoms with Crippen molar-refractivity contribution in [3.8, 4) is 0 Å². The number of esters is 1. The van der Waals surface area contributed by atoms with Crippen LogP contribution in [0.4, 0.5) is 0 Å². The minimum Gasteiger partial charge on any atom is -0.466 e. The van der Waals surface area contributed by atoms with Crippen molar-refractivity contribution in [3.63, 3.8) is 0 Å². The van der Waals surface area contributed by atoms with Gasteiger partial charge in [-0.3, -0.25) is 0 Å². The highest BCUT2D eigenvalue weighted by atomic mass is 16.5. The van der Waals surface area contributed by atoms with E-state index in [2.05, 4.69) is 11.4 Å². The molecular formula is C9H9NO2. The summed E-state index contributed by atoms with van der Waals surface area (Å²) in [6.07, 6.45) is 1.76. The monoisotopic (exact) mass is 163 g/mol. The molecule has 1 atom stereocenters. The topological polar surface area (TPSA) is 30.7 Å². The molecule has 1 aliphatic heterocycles. The van der Waals surface area contributed by atoms with Crippen molar-refractivity contribution < 1.29 is 9.53 Å². The maximum absolute atomic E-state index is 11.0. The number of carbonyl (C=O) groups excluding carboxylic acids is 1. The number of hydrogen-bond acceptors (Lipinski definition) is 2. The molecule has 0 aromatic carbocycles. The molecule has 1 unspecified atom stereocenters. The zero-order valence-corrected chi connectivity index (χ0v) is 6.83. The minimum absolute atomic E-state index is 0.382. The van der Waals surface area contributed by atoms with Crippen LogP contribution >= 0.6 is 0 Å². The fourth-order valence-corrected chi connectivity index (χ4v) is 1.09. The highest BCUT2D eigenvalue weighted by Crippen LogP contribution is 2.25. The Labute approximate surface area is 71.2 Å². The van der Waals surface area contributed by atoms with E-state index in [4.69, 9.17) is 11.3 Å². The van der Waals surface area contributed by atoms with E-state index in [-0.39, 0.29) is 5.97 Å². The van der Waals surface area contributed by atoms with Gasteiger partial charge in [-0.25, -0.2) is 9.64 Å². The minimum atomic E-state index is -0.396. The molecule has 1 aliphatic rings. The quantitative estimate of drug-likeness (QED) is 0.352. The number of ether oxygens (including phenoxy) is 1. The molecule has 0 fully saturated rings. The highest BCUT2D eigenvalue weighted by Gasteiger charge is 2.30. The lowest BCUT2D eigenvalue weighted by Gasteiger charge is -2.05. The number of carbonyl (C=O) groups is 1. The van der Waals surface area contributed by atoms with Crippen molar-refractivity contribution in [1.29, 1.82) is 0 Å². The van der Waals surface area contributed by atoms with Gasteiger partial charge < -0.3 is 4.74 Å². The Morgan fingerprint density at radius 1 is 1.83 bits per heavy atom. The summed E-state index contributed by atoms with van der Waals surface area (Å²) >= 11 is 0. The lowest BCUT2D eigenvalue weighted by molar-refractivity contribution is -0.139. The van der Waals surface area contributed by atoms with Crippen LogP contribution in [0.25, 0.3) is 4.85 Å². The number of cyclic esters (lactones) is 1. The molecule has 3 heteroatoms. The molecule has 0 radical (unpaired) electrons. The average molecular weight is 163 g/mol. The van der Waals surface area contributed by atoms with Gasteiger partial charge >= 0.3 is 5.97 Å². The van der Waals surface area contributed by atoms with Crippen molar-refractivity contribution in [2.75, 3.05) is 0 Å². The van der Waals surface area contributed by atoms with Gasteiger partial charge in [0.15, 0.2) is 0 Å². The largest absolute Gasteiger partial charge is 0.466 e. The zero-order valence-electron chi connectivity index (χ0n) is 6.83. The van der Waals surface area contributed by atoms with Crippen LogP contribution in [-0.2, 0) is 9.53 Å². The van der Waals surface area contributed by atoms with Crippen molar-refractivity contribution in [2.24, 2.45) is 0 Å². The Hall–Kier alpha value is -1.56. The van der Waals surface area contributed by atoms with E-state index in [0.29, 0.717) is 17.7 Å². The standard InChI is InChI=1S/C9H9NO2/c1-4-5-7-8(10-3)6(2)9(11)12-7/h4,7H,1,5H2,2H3. The van der Waals surface area contributed by atoms with Gasteiger partial charge in [0.25, 0.3) is 0 Å². The summed E-state index contributed by atoms with van der Waals surface area (Å²) < 4.78 is 4.92. The van der Waals surface area contributed by atoms with Gasteiger partial charge in [0.05, 0.1) is 6.57 Å². The van der Waals surface area contributed by atoms with Crippen LogP contribution in [0.2, 0.25) is 0 Å². The molecule has 0 amide bonds. The first kappa shape index (κ1) is 8.54. The maximum Gasteiger partial charge on any atom is 0.322 e. The molecule has 1 rings (SSSR count). The Morgan fingerprint density at radius 3 is 3.00 bits per heavy atom. The Balaban J connectivity index is 2.92. The first-order valence-corrected chi connectivity index (χ1v) is 3.60. The van der Waals surface area contributed by atoms with Gasteiger partial charge in [-0.2, -0.15) is 0 Å². The van der Waals surface area contributed by atoms with Gasteiger partial charge in [-0.1, -0.05) is 6.08 Å². The summed E-state index contributed by atoms with van der Waals surface area (Å²) in [5.41, 5.74) is 0.844. The number of hydrogen-bond donors (Lipinski definition) is 0. The first-order valence-electron chi connectivity index (χ1n) is 3.60. The average Bonchev–Trinajstić information content (AvgIpc) is 2.29. The lowest BCUT2D eigenvalue weighted by atomic mass is 10.1. The molecule has 0 aliphatic carbocycles. The van der Waals surface area contributed by atoms with Crippen molar-refractivity contribution in [1.82, 2.24) is 0 Å². The second-order valence-corrected chi connectivity index (χ2v) is 2.54. The van der Waals surface area contributed by atoms with Crippen molar-refractivity contribution >= 4 is 5.97 Å². The molecule has 0 aromatic rings. The molecule has 1 heterocycles. The first-order chi connectivity index (χ1) is 5.70. The molecule has 0 spiro atoms. The molecule has 62 valence electrons. The third-order valence-corrected chi connectivity index (χ3v) is 1.75. The molecule has 12 heavy (non-hydrogen) atoms. The van der Waals surface area contributed by atoms with Gasteiger partial charge in [0.1, 0.15) is 6.10 Å². The number of nitrogens with zero attached hydrogens (tertiary/aromatic N) is 1. The molecule has 0 bridgehead atoms.